The molecule has 4 N–H and O–H groups in total. The molecule has 1 unspecified atom stereocenters. The van der Waals surface area contributed by atoms with Gasteiger partial charge in [-0.2, -0.15) is 8.42 Å². The van der Waals surface area contributed by atoms with Gasteiger partial charge in [-0.25, -0.2) is 5.26 Å². The van der Waals surface area contributed by atoms with Gasteiger partial charge in [0, 0.05) is 0 Å². The van der Waals surface area contributed by atoms with E-state index in [2.05, 4.69) is 4.33 Å². The second kappa shape index (κ2) is 8.10. The van der Waals surface area contributed by atoms with Gasteiger partial charge in [-0.15, -0.1) is 4.33 Å². The van der Waals surface area contributed by atoms with Crippen LogP contribution in [-0.4, -0.2) is 27.3 Å². The first-order valence-corrected chi connectivity index (χ1v) is 3.33. The Morgan fingerprint density at radius 1 is 1.11 bits per heavy atom. The van der Waals surface area contributed by atoms with Gasteiger partial charge in [0.25, 0.3) is 11.4 Å². The lowest BCUT2D eigenvalue weighted by molar-refractivity contribution is -0.131. The third kappa shape index (κ3) is 68.3. The minimum Gasteiger partial charge on any atom is -0.284 e. The van der Waals surface area contributed by atoms with E-state index in [4.69, 9.17) is 27.3 Å². The maximum Gasteiger partial charge on any atom is 0.330 e. The van der Waals surface area contributed by atoms with E-state index in [1.807, 2.05) is 0 Å². The van der Waals surface area contributed by atoms with E-state index in [0.29, 0.717) is 0 Å². The highest BCUT2D eigenvalue weighted by atomic mass is 32.2. The smallest absolute Gasteiger partial charge is 0.284 e. The van der Waals surface area contributed by atoms with Crippen LogP contribution in [0.4, 0.5) is 0 Å². The van der Waals surface area contributed by atoms with Crippen molar-refractivity contribution in [2.75, 3.05) is 0 Å². The molecule has 1 atom stereocenters. The molecule has 9 heavy (non-hydrogen) atoms. The Morgan fingerprint density at radius 2 is 1.22 bits per heavy atom. The largest absolute Gasteiger partial charge is 0.330 e. The Labute approximate surface area is 55.2 Å². The van der Waals surface area contributed by atoms with E-state index in [1.165, 1.54) is 0 Å². The van der Waals surface area contributed by atoms with Crippen LogP contribution in [0.2, 0.25) is 0 Å². The molecular weight excluding hydrogens is 176 g/mol. The van der Waals surface area contributed by atoms with Crippen LogP contribution in [0, 0.1) is 0 Å². The summed E-state index contributed by atoms with van der Waals surface area (Å²) in [6, 6.07) is 0. The zero-order valence-electron chi connectivity index (χ0n) is 3.83. The average Bonchev–Trinajstić information content (AvgIpc) is 1.65. The predicted molar refractivity (Wildman–Crippen MR) is 27.9 cm³/mol. The summed E-state index contributed by atoms with van der Waals surface area (Å²) in [7, 11) is 0. The normalized spacial score (nSPS) is 12.1. The molecule has 0 rings (SSSR count). The fourth-order valence-corrected chi connectivity index (χ4v) is 0. The first-order chi connectivity index (χ1) is 4.00. The molecule has 9 heteroatoms. The van der Waals surface area contributed by atoms with E-state index in [-0.39, 0.29) is 0 Å². The van der Waals surface area contributed by atoms with Crippen molar-refractivity contribution in [3.05, 3.63) is 0 Å². The average molecular weight is 180 g/mol. The molecule has 0 aliphatic carbocycles. The maximum absolute atomic E-state index is 9.01. The van der Waals surface area contributed by atoms with Gasteiger partial charge in [-0.3, -0.25) is 13.7 Å². The molecule has 0 aromatic rings. The monoisotopic (exact) mass is 180 g/mol. The van der Waals surface area contributed by atoms with Crippen molar-refractivity contribution < 1.29 is 31.7 Å². The molecule has 0 saturated carbocycles. The summed E-state index contributed by atoms with van der Waals surface area (Å²) < 4.78 is 42.0. The molecule has 0 aliphatic heterocycles. The highest BCUT2D eigenvalue weighted by molar-refractivity contribution is 7.74. The minimum atomic E-state index is -2.61. The highest BCUT2D eigenvalue weighted by Crippen LogP contribution is 1.63. The third-order valence-electron chi connectivity index (χ3n) is 0.0638. The lowest BCUT2D eigenvalue weighted by Crippen LogP contribution is -1.85. The molecule has 0 heterocycles. The number of hydrogen-bond donors (Lipinski definition) is 4. The predicted octanol–water partition coefficient (Wildman–Crippen LogP) is -0.706. The summed E-state index contributed by atoms with van der Waals surface area (Å²) >= 11 is -5.13. The molecule has 7 nitrogen and oxygen atoms in total. The van der Waals surface area contributed by atoms with E-state index >= 15 is 0 Å². The van der Waals surface area contributed by atoms with E-state index in [1.54, 1.807) is 0 Å². The molecule has 0 bridgehead atoms. The minimum absolute atomic E-state index is 2.52. The van der Waals surface area contributed by atoms with Crippen molar-refractivity contribution in [2.24, 2.45) is 0 Å². The second-order valence-electron chi connectivity index (χ2n) is 0.522. The first kappa shape index (κ1) is 11.8. The Kier molecular flexibility index (Phi) is 10.7. The van der Waals surface area contributed by atoms with Gasteiger partial charge in [0.1, 0.15) is 0 Å². The molecule has 0 aromatic carbocycles. The van der Waals surface area contributed by atoms with Crippen molar-refractivity contribution in [3.63, 3.8) is 0 Å². The molecule has 0 amide bonds. The number of rotatable bonds is 1. The molecular formula is H4O7S2. The van der Waals surface area contributed by atoms with Crippen LogP contribution < -0.4 is 0 Å². The van der Waals surface area contributed by atoms with Crippen molar-refractivity contribution in [3.8, 4) is 0 Å². The molecule has 58 valence electrons. The zero-order valence-corrected chi connectivity index (χ0v) is 5.46. The molecule has 0 aliphatic rings. The molecule has 0 aromatic heterocycles. The third-order valence-corrected chi connectivity index (χ3v) is 0.191. The fourth-order valence-electron chi connectivity index (χ4n) is 0. The molecule has 0 fully saturated rings. The van der Waals surface area contributed by atoms with Crippen LogP contribution in [0.5, 0.6) is 0 Å². The van der Waals surface area contributed by atoms with Crippen molar-refractivity contribution in [2.45, 2.75) is 0 Å². The van der Waals surface area contributed by atoms with Gasteiger partial charge in [0.2, 0.25) is 0 Å². The van der Waals surface area contributed by atoms with E-state index in [0.717, 1.165) is 0 Å². The van der Waals surface area contributed by atoms with Crippen LogP contribution in [0.1, 0.15) is 0 Å². The summed E-state index contributed by atoms with van der Waals surface area (Å²) in [4.78, 5) is 0. The Morgan fingerprint density at radius 3 is 1.22 bits per heavy atom. The van der Waals surface area contributed by atoms with Crippen LogP contribution in [0.25, 0.3) is 0 Å². The van der Waals surface area contributed by atoms with Gasteiger partial charge in [-0.1, -0.05) is 0 Å². The van der Waals surface area contributed by atoms with Gasteiger partial charge in [0.05, 0.1) is 0 Å². The summed E-state index contributed by atoms with van der Waals surface area (Å²) in [6.45, 7) is 0. The number of hydrogen-bond acceptors (Lipinski definition) is 4. The summed E-state index contributed by atoms with van der Waals surface area (Å²) in [6.07, 6.45) is 0. The maximum atomic E-state index is 9.01. The van der Waals surface area contributed by atoms with Gasteiger partial charge in [-0.05, 0) is 0 Å². The standard InChI is InChI=1S/H2O4S.H2O3S/c1-4-5(2)3;1-4(2)3/h1H,(H,2,3);(H2,1,2,3). The van der Waals surface area contributed by atoms with Crippen molar-refractivity contribution in [1.29, 1.82) is 0 Å². The lowest BCUT2D eigenvalue weighted by Gasteiger charge is -1.73. The lowest BCUT2D eigenvalue weighted by atomic mass is 15.0. The SMILES string of the molecule is O=S(O)O.O=S(O)OO. The van der Waals surface area contributed by atoms with Crippen LogP contribution >= 0.6 is 0 Å². The zero-order chi connectivity index (χ0) is 7.86. The summed E-state index contributed by atoms with van der Waals surface area (Å²) in [5.41, 5.74) is 0. The van der Waals surface area contributed by atoms with Crippen LogP contribution in [0.15, 0.2) is 0 Å². The molecule has 0 spiro atoms. The quantitative estimate of drug-likeness (QED) is 0.239. The highest BCUT2D eigenvalue weighted by Gasteiger charge is 1.78. The van der Waals surface area contributed by atoms with Crippen molar-refractivity contribution >= 4 is 22.7 Å². The first-order valence-electron chi connectivity index (χ1n) is 1.23. The van der Waals surface area contributed by atoms with Gasteiger partial charge >= 0.3 is 11.4 Å². The topological polar surface area (TPSA) is 124 Å². The van der Waals surface area contributed by atoms with E-state index < -0.39 is 22.7 Å². The van der Waals surface area contributed by atoms with Crippen LogP contribution in [0.3, 0.4) is 0 Å². The van der Waals surface area contributed by atoms with Crippen LogP contribution in [-0.2, 0) is 27.1 Å². The Bertz CT molecular complexity index is 91.1. The van der Waals surface area contributed by atoms with Crippen molar-refractivity contribution in [1.82, 2.24) is 0 Å². The van der Waals surface area contributed by atoms with E-state index in [9.17, 15) is 0 Å². The van der Waals surface area contributed by atoms with Gasteiger partial charge in [0.15, 0.2) is 0 Å². The molecule has 0 saturated heterocycles. The molecule has 0 radical (unpaired) electrons. The fraction of sp³-hybridized carbons (Fsp3) is 0. The Balaban J connectivity index is 0. The Hall–Kier alpha value is 0.1000. The second-order valence-corrected chi connectivity index (χ2v) is 1.57. The summed E-state index contributed by atoms with van der Waals surface area (Å²) in [5.74, 6) is 0. The summed E-state index contributed by atoms with van der Waals surface area (Å²) in [5, 5.41) is 7.09. The van der Waals surface area contributed by atoms with Gasteiger partial charge < -0.3 is 0 Å².